The molecule has 0 rings (SSSR count). The highest BCUT2D eigenvalue weighted by atomic mass is 16.7. The largest absolute Gasteiger partial charge is 0.394 e. The molecule has 0 heterocycles. The van der Waals surface area contributed by atoms with Crippen LogP contribution < -0.4 is 0 Å². The Morgan fingerprint density at radius 3 is 1.04 bits per heavy atom. The van der Waals surface area contributed by atoms with Crippen molar-refractivity contribution < 1.29 is 50.3 Å². The number of hydrogen-bond acceptors (Lipinski definition) is 10. The summed E-state index contributed by atoms with van der Waals surface area (Å²) in [6.07, 6.45) is -1.50. The van der Waals surface area contributed by atoms with Crippen LogP contribution in [-0.4, -0.2) is 105 Å². The predicted octanol–water partition coefficient (Wildman–Crippen LogP) is -1.83. The van der Waals surface area contributed by atoms with Crippen LogP contribution in [0.25, 0.3) is 0 Å². The lowest BCUT2D eigenvalue weighted by atomic mass is 10.4. The second-order valence-corrected chi connectivity index (χ2v) is 4.99. The first-order valence-corrected chi connectivity index (χ1v) is 8.55. The standard InChI is InChI=1S/2C6H14O3.2C2H6O2/c1-5(7)3-9-4-6(2)8;1-3-5(7)9-6(8)4-2;2*3-1-2-4/h2*5-8H,3-4H2,1-2H3;2*3-4H,1-2H2. The van der Waals surface area contributed by atoms with E-state index in [1.54, 1.807) is 27.7 Å². The van der Waals surface area contributed by atoms with Crippen molar-refractivity contribution in [1.29, 1.82) is 0 Å². The van der Waals surface area contributed by atoms with E-state index in [4.69, 9.17) is 45.6 Å². The minimum atomic E-state index is -0.819. The maximum absolute atomic E-state index is 8.78. The van der Waals surface area contributed by atoms with Crippen molar-refractivity contribution in [3.63, 3.8) is 0 Å². The van der Waals surface area contributed by atoms with Gasteiger partial charge in [-0.15, -0.1) is 0 Å². The van der Waals surface area contributed by atoms with E-state index in [0.29, 0.717) is 26.1 Å². The molecule has 0 aliphatic rings. The van der Waals surface area contributed by atoms with E-state index < -0.39 is 24.8 Å². The van der Waals surface area contributed by atoms with E-state index in [1.807, 2.05) is 0 Å². The Morgan fingerprint density at radius 1 is 0.615 bits per heavy atom. The van der Waals surface area contributed by atoms with Gasteiger partial charge in [-0.05, 0) is 26.7 Å². The summed E-state index contributed by atoms with van der Waals surface area (Å²) in [4.78, 5) is 0. The summed E-state index contributed by atoms with van der Waals surface area (Å²) in [5.41, 5.74) is 0. The van der Waals surface area contributed by atoms with Gasteiger partial charge in [-0.25, -0.2) is 0 Å². The van der Waals surface area contributed by atoms with E-state index in [0.717, 1.165) is 0 Å². The number of ether oxygens (including phenoxy) is 2. The van der Waals surface area contributed by atoms with Gasteiger partial charge in [0.1, 0.15) is 0 Å². The maximum Gasteiger partial charge on any atom is 0.157 e. The Morgan fingerprint density at radius 2 is 0.885 bits per heavy atom. The molecule has 0 aliphatic carbocycles. The molecule has 0 saturated heterocycles. The summed E-state index contributed by atoms with van der Waals surface area (Å²) in [6, 6.07) is 0. The molecule has 0 aromatic rings. The lowest BCUT2D eigenvalue weighted by Crippen LogP contribution is -2.19. The topological polar surface area (TPSA) is 180 Å². The SMILES string of the molecule is CC(O)COCC(C)O.CCC(O)OC(O)CC.OCCO.OCCO. The smallest absolute Gasteiger partial charge is 0.157 e. The molecule has 0 aromatic heterocycles. The molecule has 164 valence electrons. The minimum Gasteiger partial charge on any atom is -0.394 e. The molecular weight excluding hydrogens is 352 g/mol. The second-order valence-electron chi connectivity index (χ2n) is 4.99. The van der Waals surface area contributed by atoms with Crippen LogP contribution in [0.2, 0.25) is 0 Å². The zero-order valence-electron chi connectivity index (χ0n) is 16.4. The number of aliphatic hydroxyl groups excluding tert-OH is 8. The summed E-state index contributed by atoms with van der Waals surface area (Å²) in [7, 11) is 0. The van der Waals surface area contributed by atoms with Gasteiger partial charge < -0.3 is 50.3 Å². The molecule has 26 heavy (non-hydrogen) atoms. The van der Waals surface area contributed by atoms with Gasteiger partial charge >= 0.3 is 0 Å². The van der Waals surface area contributed by atoms with Crippen LogP contribution in [0.5, 0.6) is 0 Å². The Balaban J connectivity index is -0.000000134. The fourth-order valence-corrected chi connectivity index (χ4v) is 0.783. The minimum absolute atomic E-state index is 0.125. The summed E-state index contributed by atoms with van der Waals surface area (Å²) in [5.74, 6) is 0. The number of aliphatic hydroxyl groups is 8. The van der Waals surface area contributed by atoms with Crippen LogP contribution in [0.3, 0.4) is 0 Å². The van der Waals surface area contributed by atoms with Gasteiger partial charge in [0, 0.05) is 0 Å². The molecule has 4 atom stereocenters. The first-order valence-electron chi connectivity index (χ1n) is 8.55. The number of hydrogen-bond donors (Lipinski definition) is 8. The molecule has 0 amide bonds. The third-order valence-corrected chi connectivity index (χ3v) is 1.93. The van der Waals surface area contributed by atoms with E-state index in [1.165, 1.54) is 0 Å². The monoisotopic (exact) mass is 392 g/mol. The van der Waals surface area contributed by atoms with Crippen molar-refractivity contribution in [2.75, 3.05) is 39.6 Å². The molecule has 0 fully saturated rings. The van der Waals surface area contributed by atoms with Crippen molar-refractivity contribution in [2.24, 2.45) is 0 Å². The highest BCUT2D eigenvalue weighted by Crippen LogP contribution is 1.99. The van der Waals surface area contributed by atoms with Crippen molar-refractivity contribution in [3.8, 4) is 0 Å². The normalized spacial score (nSPS) is 14.3. The lowest BCUT2D eigenvalue weighted by Gasteiger charge is -2.13. The highest BCUT2D eigenvalue weighted by Gasteiger charge is 2.05. The van der Waals surface area contributed by atoms with E-state index in [9.17, 15) is 0 Å². The van der Waals surface area contributed by atoms with Crippen LogP contribution >= 0.6 is 0 Å². The molecule has 0 saturated carbocycles. The molecule has 0 spiro atoms. The summed E-state index contributed by atoms with van der Waals surface area (Å²) in [6.45, 7) is 6.94. The van der Waals surface area contributed by atoms with Crippen molar-refractivity contribution in [1.82, 2.24) is 0 Å². The fourth-order valence-electron chi connectivity index (χ4n) is 0.783. The van der Waals surface area contributed by atoms with Crippen LogP contribution in [0.15, 0.2) is 0 Å². The van der Waals surface area contributed by atoms with Crippen molar-refractivity contribution in [2.45, 2.75) is 65.3 Å². The molecule has 10 nitrogen and oxygen atoms in total. The van der Waals surface area contributed by atoms with Gasteiger partial charge in [0.25, 0.3) is 0 Å². The summed E-state index contributed by atoms with van der Waals surface area (Å²) < 4.78 is 9.52. The average Bonchev–Trinajstić information content (AvgIpc) is 2.61. The Bertz CT molecular complexity index is 193. The second kappa shape index (κ2) is 29.4. The molecule has 0 aromatic carbocycles. The third kappa shape index (κ3) is 49.5. The van der Waals surface area contributed by atoms with Crippen LogP contribution in [-0.2, 0) is 9.47 Å². The molecule has 8 N–H and O–H groups in total. The van der Waals surface area contributed by atoms with Gasteiger partial charge in [-0.1, -0.05) is 13.8 Å². The first kappa shape index (κ1) is 33.2. The fraction of sp³-hybridized carbons (Fsp3) is 1.00. The quantitative estimate of drug-likeness (QED) is 0.197. The maximum atomic E-state index is 8.78. The van der Waals surface area contributed by atoms with Crippen LogP contribution in [0.4, 0.5) is 0 Å². The average molecular weight is 392 g/mol. The van der Waals surface area contributed by atoms with Gasteiger partial charge in [0.15, 0.2) is 12.6 Å². The molecule has 10 heteroatoms. The molecule has 0 aliphatic heterocycles. The van der Waals surface area contributed by atoms with Crippen LogP contribution in [0, 0.1) is 0 Å². The van der Waals surface area contributed by atoms with E-state index >= 15 is 0 Å². The molecule has 0 bridgehead atoms. The lowest BCUT2D eigenvalue weighted by molar-refractivity contribution is -0.208. The van der Waals surface area contributed by atoms with Crippen molar-refractivity contribution >= 4 is 0 Å². The van der Waals surface area contributed by atoms with Crippen molar-refractivity contribution in [3.05, 3.63) is 0 Å². The molecular formula is C16H40O10. The zero-order valence-corrected chi connectivity index (χ0v) is 16.4. The Hall–Kier alpha value is -0.400. The van der Waals surface area contributed by atoms with Crippen LogP contribution in [0.1, 0.15) is 40.5 Å². The predicted molar refractivity (Wildman–Crippen MR) is 96.2 cm³/mol. The van der Waals surface area contributed by atoms with Gasteiger partial charge in [0.2, 0.25) is 0 Å². The van der Waals surface area contributed by atoms with Gasteiger partial charge in [0.05, 0.1) is 51.8 Å². The van der Waals surface area contributed by atoms with Gasteiger partial charge in [-0.2, -0.15) is 0 Å². The number of rotatable bonds is 10. The summed E-state index contributed by atoms with van der Waals surface area (Å²) in [5, 5.41) is 65.4. The third-order valence-electron chi connectivity index (χ3n) is 1.93. The molecule has 0 radical (unpaired) electrons. The van der Waals surface area contributed by atoms with E-state index in [2.05, 4.69) is 4.74 Å². The molecule has 4 unspecified atom stereocenters. The first-order chi connectivity index (χ1) is 12.2. The van der Waals surface area contributed by atoms with E-state index in [-0.39, 0.29) is 26.4 Å². The highest BCUT2D eigenvalue weighted by molar-refractivity contribution is 4.45. The Labute approximate surface area is 156 Å². The van der Waals surface area contributed by atoms with Gasteiger partial charge in [-0.3, -0.25) is 0 Å². The zero-order chi connectivity index (χ0) is 21.4. The summed E-state index contributed by atoms with van der Waals surface area (Å²) >= 11 is 0. The Kier molecular flexibility index (Phi) is 37.5.